The number of anilines is 3. The molecule has 0 amide bonds. The topological polar surface area (TPSA) is 51.5 Å². The standard InChI is InChI=1S/C64H46N4/c65-62(47-21-6-2-7-22-47)67-63(66-43-44-35-37-46(38-36-44)45-19-4-1-5-20-45)50-24-18-23-48(41-50)52-27-10-11-28-53(52)49-39-40-57-55(42-49)54-29-12-13-30-56(54)64(57)58-31-14-16-33-60(58)68(51-25-8-3-9-26-51)61-34-17-15-32-59(61)64/h1-43,63H,(H2,65,67)/b66-43+. The molecule has 68 heavy (non-hydrogen) atoms. The van der Waals surface area contributed by atoms with Crippen LogP contribution >= 0.6 is 0 Å². The molecule has 1 aliphatic heterocycles. The fourth-order valence-corrected chi connectivity index (χ4v) is 10.6. The molecule has 2 aliphatic rings. The summed E-state index contributed by atoms with van der Waals surface area (Å²) in [5.74, 6) is 0.310. The summed E-state index contributed by atoms with van der Waals surface area (Å²) in [5.41, 5.74) is 20.2. The first-order valence-corrected chi connectivity index (χ1v) is 23.2. The van der Waals surface area contributed by atoms with Gasteiger partial charge in [-0.05, 0) is 114 Å². The molecule has 0 bridgehead atoms. The lowest BCUT2D eigenvalue weighted by molar-refractivity contribution is 0.685. The first kappa shape index (κ1) is 40.6. The zero-order valence-electron chi connectivity index (χ0n) is 37.3. The van der Waals surface area contributed by atoms with Gasteiger partial charge in [0.1, 0.15) is 12.0 Å². The lowest BCUT2D eigenvalue weighted by atomic mass is 9.64. The van der Waals surface area contributed by atoms with Crippen LogP contribution in [-0.4, -0.2) is 12.1 Å². The van der Waals surface area contributed by atoms with E-state index in [9.17, 15) is 0 Å². The van der Waals surface area contributed by atoms with E-state index in [-0.39, 0.29) is 0 Å². The van der Waals surface area contributed by atoms with Crippen LogP contribution in [0, 0.1) is 5.41 Å². The molecule has 12 rings (SSSR count). The van der Waals surface area contributed by atoms with Gasteiger partial charge >= 0.3 is 0 Å². The zero-order chi connectivity index (χ0) is 45.4. The number of nitrogens with zero attached hydrogens (tertiary/aromatic N) is 2. The third-order valence-electron chi connectivity index (χ3n) is 13.6. The molecule has 0 aromatic heterocycles. The van der Waals surface area contributed by atoms with E-state index in [4.69, 9.17) is 10.4 Å². The molecular weight excluding hydrogens is 825 g/mol. The minimum atomic E-state index is -0.518. The number of fused-ring (bicyclic) bond motifs is 9. The number of aliphatic imine (C=N–C) groups is 1. The van der Waals surface area contributed by atoms with Gasteiger partial charge in [0, 0.05) is 17.5 Å². The molecule has 1 unspecified atom stereocenters. The molecule has 10 aromatic rings. The van der Waals surface area contributed by atoms with Crippen molar-refractivity contribution in [1.82, 2.24) is 5.32 Å². The van der Waals surface area contributed by atoms with Gasteiger partial charge in [-0.3, -0.25) is 10.4 Å². The van der Waals surface area contributed by atoms with Gasteiger partial charge in [-0.1, -0.05) is 218 Å². The number of nitrogens with one attached hydrogen (secondary N) is 2. The van der Waals surface area contributed by atoms with Gasteiger partial charge in [0.2, 0.25) is 0 Å². The van der Waals surface area contributed by atoms with Crippen LogP contribution in [0.15, 0.2) is 260 Å². The molecule has 2 N–H and O–H groups in total. The SMILES string of the molecule is N=C(NC(/N=C/c1ccc(-c2ccccc2)cc1)c1cccc(-c2ccccc2-c2ccc3c(c2)-c2ccccc2C32c3ccccc3N(c3ccccc3)c3ccccc32)c1)c1ccccc1. The van der Waals surface area contributed by atoms with Crippen LogP contribution in [0.3, 0.4) is 0 Å². The van der Waals surface area contributed by atoms with Crippen molar-refractivity contribution in [2.24, 2.45) is 4.99 Å². The first-order valence-electron chi connectivity index (χ1n) is 23.2. The molecule has 1 aliphatic carbocycles. The Hall–Kier alpha value is -8.86. The average molecular weight is 871 g/mol. The molecule has 1 spiro atoms. The lowest BCUT2D eigenvalue weighted by Gasteiger charge is -2.45. The zero-order valence-corrected chi connectivity index (χ0v) is 37.3. The van der Waals surface area contributed by atoms with Crippen molar-refractivity contribution in [3.63, 3.8) is 0 Å². The summed E-state index contributed by atoms with van der Waals surface area (Å²) < 4.78 is 0. The fraction of sp³-hybridized carbons (Fsp3) is 0.0312. The Labute approximate surface area is 397 Å². The van der Waals surface area contributed by atoms with Crippen molar-refractivity contribution < 1.29 is 0 Å². The van der Waals surface area contributed by atoms with E-state index in [1.807, 2.05) is 42.6 Å². The quantitative estimate of drug-likeness (QED) is 0.112. The average Bonchev–Trinajstić information content (AvgIpc) is 3.70. The highest BCUT2D eigenvalue weighted by Crippen LogP contribution is 2.63. The van der Waals surface area contributed by atoms with E-state index in [1.165, 1.54) is 50.3 Å². The Kier molecular flexibility index (Phi) is 10.3. The van der Waals surface area contributed by atoms with E-state index in [1.54, 1.807) is 0 Å². The van der Waals surface area contributed by atoms with E-state index >= 15 is 0 Å². The van der Waals surface area contributed by atoms with Crippen molar-refractivity contribution >= 4 is 29.1 Å². The van der Waals surface area contributed by atoms with Crippen LogP contribution in [0.4, 0.5) is 17.1 Å². The van der Waals surface area contributed by atoms with E-state index < -0.39 is 11.6 Å². The third-order valence-corrected chi connectivity index (χ3v) is 13.6. The Morgan fingerprint density at radius 2 is 0.926 bits per heavy atom. The Balaban J connectivity index is 0.944. The molecule has 0 saturated carbocycles. The molecule has 1 atom stereocenters. The highest BCUT2D eigenvalue weighted by molar-refractivity contribution is 5.98. The van der Waals surface area contributed by atoms with Crippen molar-refractivity contribution in [3.8, 4) is 44.5 Å². The molecule has 0 radical (unpaired) electrons. The molecule has 0 fully saturated rings. The maximum Gasteiger partial charge on any atom is 0.145 e. The van der Waals surface area contributed by atoms with Crippen molar-refractivity contribution in [2.45, 2.75) is 11.6 Å². The predicted molar refractivity (Wildman–Crippen MR) is 281 cm³/mol. The smallest absolute Gasteiger partial charge is 0.145 e. The number of amidine groups is 1. The predicted octanol–water partition coefficient (Wildman–Crippen LogP) is 15.6. The second-order valence-electron chi connectivity index (χ2n) is 17.5. The molecule has 0 saturated heterocycles. The number of para-hydroxylation sites is 3. The molecule has 322 valence electrons. The Morgan fingerprint density at radius 1 is 0.426 bits per heavy atom. The van der Waals surface area contributed by atoms with Crippen LogP contribution < -0.4 is 10.2 Å². The number of hydrogen-bond acceptors (Lipinski definition) is 3. The van der Waals surface area contributed by atoms with Crippen molar-refractivity contribution in [1.29, 1.82) is 5.41 Å². The number of hydrogen-bond donors (Lipinski definition) is 2. The van der Waals surface area contributed by atoms with Gasteiger partial charge < -0.3 is 10.2 Å². The highest BCUT2D eigenvalue weighted by Gasteiger charge is 2.51. The molecule has 4 nitrogen and oxygen atoms in total. The minimum absolute atomic E-state index is 0.310. The summed E-state index contributed by atoms with van der Waals surface area (Å²) >= 11 is 0. The number of benzene rings is 10. The summed E-state index contributed by atoms with van der Waals surface area (Å²) in [6.07, 6.45) is 1.39. The maximum absolute atomic E-state index is 9.11. The monoisotopic (exact) mass is 870 g/mol. The summed E-state index contributed by atoms with van der Waals surface area (Å²) in [6, 6.07) is 90.7. The van der Waals surface area contributed by atoms with E-state index in [0.717, 1.165) is 50.2 Å². The van der Waals surface area contributed by atoms with Gasteiger partial charge in [0.05, 0.1) is 16.8 Å². The Morgan fingerprint density at radius 3 is 1.60 bits per heavy atom. The first-order chi connectivity index (χ1) is 33.6. The van der Waals surface area contributed by atoms with E-state index in [2.05, 4.69) is 229 Å². The second-order valence-corrected chi connectivity index (χ2v) is 17.5. The summed E-state index contributed by atoms with van der Waals surface area (Å²) in [6.45, 7) is 0. The molecular formula is C64H46N4. The fourth-order valence-electron chi connectivity index (χ4n) is 10.6. The summed E-state index contributed by atoms with van der Waals surface area (Å²) in [4.78, 5) is 7.55. The van der Waals surface area contributed by atoms with Crippen LogP contribution in [-0.2, 0) is 5.41 Å². The van der Waals surface area contributed by atoms with Gasteiger partial charge in [0.25, 0.3) is 0 Å². The normalized spacial score (nSPS) is 13.3. The van der Waals surface area contributed by atoms with Gasteiger partial charge in [-0.25, -0.2) is 0 Å². The second kappa shape index (κ2) is 17.2. The molecule has 10 aromatic carbocycles. The van der Waals surface area contributed by atoms with Crippen LogP contribution in [0.1, 0.15) is 45.1 Å². The van der Waals surface area contributed by atoms with E-state index in [0.29, 0.717) is 5.84 Å². The highest BCUT2D eigenvalue weighted by atomic mass is 15.2. The third kappa shape index (κ3) is 6.94. The van der Waals surface area contributed by atoms with Crippen molar-refractivity contribution in [2.75, 3.05) is 4.90 Å². The summed E-state index contributed by atoms with van der Waals surface area (Å²) in [7, 11) is 0. The minimum Gasteiger partial charge on any atom is -0.345 e. The van der Waals surface area contributed by atoms with Gasteiger partial charge in [-0.2, -0.15) is 0 Å². The molecule has 1 heterocycles. The van der Waals surface area contributed by atoms with Gasteiger partial charge in [0.15, 0.2) is 0 Å². The Bertz CT molecular complexity index is 3460. The van der Waals surface area contributed by atoms with Crippen LogP contribution in [0.5, 0.6) is 0 Å². The molecule has 4 heteroatoms. The maximum atomic E-state index is 9.11. The van der Waals surface area contributed by atoms with Crippen molar-refractivity contribution in [3.05, 3.63) is 294 Å². The van der Waals surface area contributed by atoms with Crippen LogP contribution in [0.2, 0.25) is 0 Å². The van der Waals surface area contributed by atoms with Crippen LogP contribution in [0.25, 0.3) is 44.5 Å². The summed E-state index contributed by atoms with van der Waals surface area (Å²) in [5, 5.41) is 12.6. The number of rotatable bonds is 9. The largest absolute Gasteiger partial charge is 0.345 e. The lowest BCUT2D eigenvalue weighted by Crippen LogP contribution is -2.36. The van der Waals surface area contributed by atoms with Gasteiger partial charge in [-0.15, -0.1) is 0 Å².